The minimum atomic E-state index is 0.105. The average Bonchev–Trinajstić information content (AvgIpc) is 2.46. The van der Waals surface area contributed by atoms with Crippen LogP contribution in [0.25, 0.3) is 0 Å². The third kappa shape index (κ3) is 4.35. The lowest BCUT2D eigenvalue weighted by molar-refractivity contribution is -0.109. The largest absolute Gasteiger partial charge is 0.298 e. The second-order valence-electron chi connectivity index (χ2n) is 4.60. The van der Waals surface area contributed by atoms with E-state index < -0.39 is 0 Å². The number of hydrogen-bond acceptors (Lipinski definition) is 3. The van der Waals surface area contributed by atoms with Crippen LogP contribution >= 0.6 is 11.8 Å². The molecule has 0 unspecified atom stereocenters. The van der Waals surface area contributed by atoms with Crippen molar-refractivity contribution in [2.45, 2.75) is 24.7 Å². The highest BCUT2D eigenvalue weighted by Gasteiger charge is 2.00. The van der Waals surface area contributed by atoms with Crippen molar-refractivity contribution in [3.63, 3.8) is 0 Å². The Morgan fingerprint density at radius 2 is 1.45 bits per heavy atom. The van der Waals surface area contributed by atoms with Gasteiger partial charge in [-0.25, -0.2) is 0 Å². The van der Waals surface area contributed by atoms with Crippen LogP contribution < -0.4 is 0 Å². The van der Waals surface area contributed by atoms with Gasteiger partial charge in [0.05, 0.1) is 0 Å². The van der Waals surface area contributed by atoms with Crippen molar-refractivity contribution >= 4 is 23.2 Å². The molecule has 0 fully saturated rings. The Hall–Kier alpha value is -1.87. The fourth-order valence-corrected chi connectivity index (χ4v) is 2.55. The smallest absolute Gasteiger partial charge is 0.190 e. The van der Waals surface area contributed by atoms with Crippen LogP contribution in [0.3, 0.4) is 0 Å². The third-order valence-electron chi connectivity index (χ3n) is 3.00. The van der Waals surface area contributed by atoms with E-state index in [1.165, 1.54) is 22.9 Å². The molecule has 2 rings (SSSR count). The first-order chi connectivity index (χ1) is 9.67. The topological polar surface area (TPSA) is 34.1 Å². The summed E-state index contributed by atoms with van der Waals surface area (Å²) in [4.78, 5) is 22.6. The Balaban J connectivity index is 1.92. The summed E-state index contributed by atoms with van der Waals surface area (Å²) in [5, 5.41) is 0.105. The summed E-state index contributed by atoms with van der Waals surface area (Å²) < 4.78 is 0. The minimum Gasteiger partial charge on any atom is -0.298 e. The highest BCUT2D eigenvalue weighted by Crippen LogP contribution is 2.19. The van der Waals surface area contributed by atoms with Gasteiger partial charge in [0.15, 0.2) is 5.12 Å². The summed E-state index contributed by atoms with van der Waals surface area (Å²) >= 11 is 1.25. The minimum absolute atomic E-state index is 0.105. The van der Waals surface area contributed by atoms with E-state index in [4.69, 9.17) is 0 Å². The van der Waals surface area contributed by atoms with E-state index in [1.807, 2.05) is 36.4 Å². The lowest BCUT2D eigenvalue weighted by Crippen LogP contribution is -1.92. The van der Waals surface area contributed by atoms with Crippen LogP contribution in [-0.4, -0.2) is 11.4 Å². The molecule has 3 heteroatoms. The lowest BCUT2D eigenvalue weighted by atomic mass is 10.0. The van der Waals surface area contributed by atoms with Crippen LogP contribution in [0.2, 0.25) is 0 Å². The molecule has 2 nitrogen and oxygen atoms in total. The molecular weight excluding hydrogens is 268 g/mol. The molecule has 20 heavy (non-hydrogen) atoms. The van der Waals surface area contributed by atoms with Crippen molar-refractivity contribution in [3.8, 4) is 0 Å². The summed E-state index contributed by atoms with van der Waals surface area (Å²) in [6.07, 6.45) is 2.75. The van der Waals surface area contributed by atoms with E-state index in [0.717, 1.165) is 24.0 Å². The number of rotatable bonds is 5. The predicted octanol–water partition coefficient (Wildman–Crippen LogP) is 3.92. The van der Waals surface area contributed by atoms with E-state index >= 15 is 0 Å². The van der Waals surface area contributed by atoms with E-state index in [2.05, 4.69) is 12.1 Å². The Morgan fingerprint density at radius 3 is 1.90 bits per heavy atom. The van der Waals surface area contributed by atoms with Crippen molar-refractivity contribution in [2.24, 2.45) is 0 Å². The van der Waals surface area contributed by atoms with Gasteiger partial charge in [-0.2, -0.15) is 0 Å². The fraction of sp³-hybridized carbons (Fsp3) is 0.176. The van der Waals surface area contributed by atoms with Crippen LogP contribution in [0.15, 0.2) is 53.4 Å². The molecule has 0 spiro atoms. The van der Waals surface area contributed by atoms with Gasteiger partial charge in [0.25, 0.3) is 0 Å². The van der Waals surface area contributed by atoms with Gasteiger partial charge < -0.3 is 0 Å². The van der Waals surface area contributed by atoms with Crippen molar-refractivity contribution in [3.05, 3.63) is 65.2 Å². The highest BCUT2D eigenvalue weighted by atomic mass is 32.2. The van der Waals surface area contributed by atoms with Crippen LogP contribution in [0.1, 0.15) is 28.4 Å². The first kappa shape index (κ1) is 14.5. The van der Waals surface area contributed by atoms with Crippen molar-refractivity contribution < 1.29 is 9.59 Å². The summed E-state index contributed by atoms with van der Waals surface area (Å²) in [5.74, 6) is 0. The zero-order valence-corrected chi connectivity index (χ0v) is 12.2. The molecule has 0 atom stereocenters. The standard InChI is InChI=1S/C17H16O2S/c1-13(19)20-17-10-8-15(9-11-17)3-2-14-4-6-16(12-18)7-5-14/h4-12H,2-3H2,1H3. The third-order valence-corrected chi connectivity index (χ3v) is 3.80. The Bertz CT molecular complexity index is 585. The van der Waals surface area contributed by atoms with Gasteiger partial charge in [-0.3, -0.25) is 9.59 Å². The van der Waals surface area contributed by atoms with E-state index in [9.17, 15) is 9.59 Å². The molecule has 0 heterocycles. The van der Waals surface area contributed by atoms with Gasteiger partial charge in [0.2, 0.25) is 0 Å². The molecule has 0 aromatic heterocycles. The summed E-state index contributed by atoms with van der Waals surface area (Å²) in [6.45, 7) is 1.57. The van der Waals surface area contributed by atoms with Crippen LogP contribution in [0.5, 0.6) is 0 Å². The Morgan fingerprint density at radius 1 is 0.950 bits per heavy atom. The molecule has 0 N–H and O–H groups in total. The summed E-state index contributed by atoms with van der Waals surface area (Å²) in [7, 11) is 0. The van der Waals surface area contributed by atoms with E-state index in [-0.39, 0.29) is 5.12 Å². The molecular formula is C17H16O2S. The predicted molar refractivity (Wildman–Crippen MR) is 82.2 cm³/mol. The van der Waals surface area contributed by atoms with Gasteiger partial charge in [-0.15, -0.1) is 0 Å². The maximum Gasteiger partial charge on any atom is 0.190 e. The van der Waals surface area contributed by atoms with Crippen LogP contribution in [0.4, 0.5) is 0 Å². The molecule has 0 bridgehead atoms. The van der Waals surface area contributed by atoms with Gasteiger partial charge in [0, 0.05) is 17.4 Å². The van der Waals surface area contributed by atoms with Crippen molar-refractivity contribution in [1.82, 2.24) is 0 Å². The second kappa shape index (κ2) is 7.06. The van der Waals surface area contributed by atoms with Crippen molar-refractivity contribution in [1.29, 1.82) is 0 Å². The van der Waals surface area contributed by atoms with Gasteiger partial charge in [-0.05, 0) is 36.1 Å². The molecule has 0 saturated heterocycles. The number of aldehydes is 1. The monoisotopic (exact) mass is 284 g/mol. The molecule has 2 aromatic carbocycles. The number of aryl methyl sites for hydroxylation is 2. The Kier molecular flexibility index (Phi) is 5.13. The normalized spacial score (nSPS) is 10.2. The first-order valence-electron chi connectivity index (χ1n) is 6.49. The zero-order chi connectivity index (χ0) is 14.4. The number of hydrogen-bond donors (Lipinski definition) is 0. The molecule has 0 saturated carbocycles. The van der Waals surface area contributed by atoms with Crippen LogP contribution in [-0.2, 0) is 17.6 Å². The van der Waals surface area contributed by atoms with Gasteiger partial charge in [-0.1, -0.05) is 48.2 Å². The van der Waals surface area contributed by atoms with Crippen LogP contribution in [0, 0.1) is 0 Å². The molecule has 0 amide bonds. The maximum atomic E-state index is 11.0. The maximum absolute atomic E-state index is 11.0. The quantitative estimate of drug-likeness (QED) is 0.616. The number of thioether (sulfide) groups is 1. The number of benzene rings is 2. The van der Waals surface area contributed by atoms with Crippen molar-refractivity contribution in [2.75, 3.05) is 0 Å². The first-order valence-corrected chi connectivity index (χ1v) is 7.30. The molecule has 0 aliphatic carbocycles. The average molecular weight is 284 g/mol. The lowest BCUT2D eigenvalue weighted by Gasteiger charge is -2.04. The second-order valence-corrected chi connectivity index (χ2v) is 5.85. The number of carbonyl (C=O) groups excluding carboxylic acids is 2. The molecule has 0 radical (unpaired) electrons. The van der Waals surface area contributed by atoms with E-state index in [0.29, 0.717) is 5.56 Å². The summed E-state index contributed by atoms with van der Waals surface area (Å²) in [6, 6.07) is 15.8. The van der Waals surface area contributed by atoms with Gasteiger partial charge >= 0.3 is 0 Å². The number of carbonyl (C=O) groups is 2. The molecule has 102 valence electrons. The zero-order valence-electron chi connectivity index (χ0n) is 11.3. The fourth-order valence-electron chi connectivity index (χ4n) is 1.94. The summed E-state index contributed by atoms with van der Waals surface area (Å²) in [5.41, 5.74) is 3.18. The van der Waals surface area contributed by atoms with Gasteiger partial charge in [0.1, 0.15) is 6.29 Å². The molecule has 0 aliphatic heterocycles. The highest BCUT2D eigenvalue weighted by molar-refractivity contribution is 8.13. The SMILES string of the molecule is CC(=O)Sc1ccc(CCc2ccc(C=O)cc2)cc1. The van der Waals surface area contributed by atoms with E-state index in [1.54, 1.807) is 6.92 Å². The molecule has 0 aliphatic rings. The Labute approximate surface area is 123 Å². The molecule has 2 aromatic rings.